The van der Waals surface area contributed by atoms with Gasteiger partial charge < -0.3 is 16.0 Å². The topological polar surface area (TPSA) is 70.9 Å². The quantitative estimate of drug-likeness (QED) is 0.707. The molecule has 1 aromatic carbocycles. The van der Waals surface area contributed by atoms with Crippen LogP contribution < -0.4 is 11.1 Å². The highest BCUT2D eigenvalue weighted by Gasteiger charge is 2.20. The molecule has 4 heteroatoms. The molecule has 1 aromatic heterocycles. The van der Waals surface area contributed by atoms with E-state index in [4.69, 9.17) is 5.73 Å². The van der Waals surface area contributed by atoms with E-state index in [1.54, 1.807) is 7.05 Å². The zero-order valence-corrected chi connectivity index (χ0v) is 10.4. The van der Waals surface area contributed by atoms with Crippen LogP contribution in [-0.2, 0) is 12.8 Å². The highest BCUT2D eigenvalue weighted by molar-refractivity contribution is 5.99. The van der Waals surface area contributed by atoms with Crippen LogP contribution in [0.3, 0.4) is 0 Å². The number of hydrogen-bond acceptors (Lipinski definition) is 2. The Morgan fingerprint density at radius 2 is 2.33 bits per heavy atom. The monoisotopic (exact) mass is 243 g/mol. The number of carbonyl (C=O) groups is 1. The number of nitrogens with two attached hydrogens (primary N) is 1. The van der Waals surface area contributed by atoms with Gasteiger partial charge in [-0.3, -0.25) is 4.79 Å². The average Bonchev–Trinajstić information content (AvgIpc) is 2.75. The minimum absolute atomic E-state index is 0.0491. The molecule has 1 aliphatic rings. The molecule has 0 saturated carbocycles. The highest BCUT2D eigenvalue weighted by Crippen LogP contribution is 2.29. The van der Waals surface area contributed by atoms with Crippen molar-refractivity contribution in [2.45, 2.75) is 25.3 Å². The van der Waals surface area contributed by atoms with Crippen LogP contribution in [0.25, 0.3) is 10.9 Å². The molecule has 1 unspecified atom stereocenters. The summed E-state index contributed by atoms with van der Waals surface area (Å²) in [4.78, 5) is 15.1. The number of benzene rings is 1. The molecule has 0 bridgehead atoms. The number of rotatable bonds is 1. The first kappa shape index (κ1) is 11.3. The van der Waals surface area contributed by atoms with Crippen molar-refractivity contribution >= 4 is 16.8 Å². The molecule has 0 radical (unpaired) electrons. The molecule has 1 amide bonds. The smallest absolute Gasteiger partial charge is 0.251 e. The number of aryl methyl sites for hydroxylation is 1. The van der Waals surface area contributed by atoms with Crippen molar-refractivity contribution in [2.24, 2.45) is 5.73 Å². The number of nitrogens with one attached hydrogen (secondary N) is 2. The molecule has 3 rings (SSSR count). The second-order valence-corrected chi connectivity index (χ2v) is 4.92. The van der Waals surface area contributed by atoms with Crippen LogP contribution in [0.2, 0.25) is 0 Å². The Hall–Kier alpha value is -1.81. The van der Waals surface area contributed by atoms with Gasteiger partial charge in [-0.1, -0.05) is 0 Å². The summed E-state index contributed by atoms with van der Waals surface area (Å²) < 4.78 is 0. The van der Waals surface area contributed by atoms with Gasteiger partial charge in [0.05, 0.1) is 0 Å². The lowest BCUT2D eigenvalue weighted by Gasteiger charge is -2.18. The van der Waals surface area contributed by atoms with E-state index in [2.05, 4.69) is 10.3 Å². The number of amides is 1. The van der Waals surface area contributed by atoms with Crippen molar-refractivity contribution in [3.05, 3.63) is 35.0 Å². The predicted octanol–water partition coefficient (Wildman–Crippen LogP) is 1.34. The molecule has 0 saturated heterocycles. The fraction of sp³-hybridized carbons (Fsp3) is 0.357. The zero-order chi connectivity index (χ0) is 12.7. The Morgan fingerprint density at radius 3 is 3.11 bits per heavy atom. The van der Waals surface area contributed by atoms with Crippen molar-refractivity contribution in [1.82, 2.24) is 10.3 Å². The molecule has 0 aliphatic heterocycles. The molecule has 0 spiro atoms. The van der Waals surface area contributed by atoms with Gasteiger partial charge in [-0.2, -0.15) is 0 Å². The van der Waals surface area contributed by atoms with Crippen LogP contribution in [0.15, 0.2) is 18.2 Å². The Bertz CT molecular complexity index is 615. The molecule has 0 fully saturated rings. The Kier molecular flexibility index (Phi) is 2.59. The molecule has 94 valence electrons. The summed E-state index contributed by atoms with van der Waals surface area (Å²) in [5.41, 5.74) is 10.4. The van der Waals surface area contributed by atoms with Crippen molar-refractivity contribution in [2.75, 3.05) is 7.05 Å². The summed E-state index contributed by atoms with van der Waals surface area (Å²) in [5.74, 6) is -0.0491. The molecule has 1 heterocycles. The van der Waals surface area contributed by atoms with Crippen LogP contribution in [0.5, 0.6) is 0 Å². The van der Waals surface area contributed by atoms with Crippen molar-refractivity contribution in [1.29, 1.82) is 0 Å². The molecule has 4 N–H and O–H groups in total. The van der Waals surface area contributed by atoms with Gasteiger partial charge in [0.2, 0.25) is 0 Å². The summed E-state index contributed by atoms with van der Waals surface area (Å²) in [7, 11) is 1.65. The Labute approximate surface area is 106 Å². The first-order valence-corrected chi connectivity index (χ1v) is 6.30. The first-order chi connectivity index (χ1) is 8.69. The van der Waals surface area contributed by atoms with Gasteiger partial charge in [0.25, 0.3) is 5.91 Å². The maximum atomic E-state index is 11.7. The predicted molar refractivity (Wildman–Crippen MR) is 71.7 cm³/mol. The van der Waals surface area contributed by atoms with Gasteiger partial charge >= 0.3 is 0 Å². The van der Waals surface area contributed by atoms with E-state index >= 15 is 0 Å². The first-order valence-electron chi connectivity index (χ1n) is 6.30. The normalized spacial score (nSPS) is 18.7. The SMILES string of the molecule is CNC(=O)c1ccc2[nH]c3c(c2c1)CC(N)CC3. The van der Waals surface area contributed by atoms with E-state index in [1.165, 1.54) is 11.3 Å². The number of H-pyrrole nitrogens is 1. The number of aromatic amines is 1. The minimum Gasteiger partial charge on any atom is -0.358 e. The zero-order valence-electron chi connectivity index (χ0n) is 10.4. The largest absolute Gasteiger partial charge is 0.358 e. The fourth-order valence-electron chi connectivity index (χ4n) is 2.73. The molecule has 1 aliphatic carbocycles. The number of carbonyl (C=O) groups excluding carboxylic acids is 1. The van der Waals surface area contributed by atoms with Crippen molar-refractivity contribution < 1.29 is 4.79 Å². The second kappa shape index (κ2) is 4.14. The number of aromatic nitrogens is 1. The van der Waals surface area contributed by atoms with Crippen LogP contribution in [-0.4, -0.2) is 24.0 Å². The summed E-state index contributed by atoms with van der Waals surface area (Å²) >= 11 is 0. The van der Waals surface area contributed by atoms with Crippen molar-refractivity contribution in [3.63, 3.8) is 0 Å². The third-order valence-corrected chi connectivity index (χ3v) is 3.72. The van der Waals surface area contributed by atoms with E-state index in [-0.39, 0.29) is 11.9 Å². The van der Waals surface area contributed by atoms with Gasteiger partial charge in [-0.15, -0.1) is 0 Å². The summed E-state index contributed by atoms with van der Waals surface area (Å²) in [5, 5.41) is 3.79. The molecule has 2 aromatic rings. The standard InChI is InChI=1S/C14H17N3O/c1-16-14(18)8-2-4-12-10(6-8)11-7-9(15)3-5-13(11)17-12/h2,4,6,9,17H,3,5,7,15H2,1H3,(H,16,18). The van der Waals surface area contributed by atoms with Crippen LogP contribution in [0.4, 0.5) is 0 Å². The third-order valence-electron chi connectivity index (χ3n) is 3.72. The summed E-state index contributed by atoms with van der Waals surface area (Å²) in [6.45, 7) is 0. The Morgan fingerprint density at radius 1 is 1.50 bits per heavy atom. The van der Waals surface area contributed by atoms with Gasteiger partial charge in [0.1, 0.15) is 0 Å². The average molecular weight is 243 g/mol. The van der Waals surface area contributed by atoms with E-state index in [1.807, 2.05) is 18.2 Å². The lowest BCUT2D eigenvalue weighted by molar-refractivity contribution is 0.0963. The molecular formula is C14H17N3O. The summed E-state index contributed by atoms with van der Waals surface area (Å²) in [6.07, 6.45) is 2.93. The lowest BCUT2D eigenvalue weighted by atomic mass is 9.92. The van der Waals surface area contributed by atoms with Crippen molar-refractivity contribution in [3.8, 4) is 0 Å². The third kappa shape index (κ3) is 1.69. The van der Waals surface area contributed by atoms with Crippen LogP contribution in [0, 0.1) is 0 Å². The summed E-state index contributed by atoms with van der Waals surface area (Å²) in [6, 6.07) is 6.02. The molecule has 4 nitrogen and oxygen atoms in total. The molecule has 1 atom stereocenters. The molecular weight excluding hydrogens is 226 g/mol. The van der Waals surface area contributed by atoms with Gasteiger partial charge in [-0.25, -0.2) is 0 Å². The minimum atomic E-state index is -0.0491. The lowest BCUT2D eigenvalue weighted by Crippen LogP contribution is -2.27. The maximum Gasteiger partial charge on any atom is 0.251 e. The van der Waals surface area contributed by atoms with Crippen LogP contribution in [0.1, 0.15) is 28.0 Å². The van der Waals surface area contributed by atoms with E-state index in [0.29, 0.717) is 5.56 Å². The number of hydrogen-bond donors (Lipinski definition) is 3. The highest BCUT2D eigenvalue weighted by atomic mass is 16.1. The fourth-order valence-corrected chi connectivity index (χ4v) is 2.73. The van der Waals surface area contributed by atoms with Crippen LogP contribution >= 0.6 is 0 Å². The van der Waals surface area contributed by atoms with Gasteiger partial charge in [-0.05, 0) is 43.0 Å². The molecule has 18 heavy (non-hydrogen) atoms. The van der Waals surface area contributed by atoms with Gasteiger partial charge in [0, 0.05) is 35.2 Å². The van der Waals surface area contributed by atoms with E-state index in [0.717, 1.165) is 30.2 Å². The van der Waals surface area contributed by atoms with E-state index < -0.39 is 0 Å². The maximum absolute atomic E-state index is 11.7. The van der Waals surface area contributed by atoms with E-state index in [9.17, 15) is 4.79 Å². The second-order valence-electron chi connectivity index (χ2n) is 4.92. The Balaban J connectivity index is 2.15. The number of fused-ring (bicyclic) bond motifs is 3. The van der Waals surface area contributed by atoms with Gasteiger partial charge in [0.15, 0.2) is 0 Å².